The summed E-state index contributed by atoms with van der Waals surface area (Å²) in [6.45, 7) is 8.32. The molecule has 1 aromatic rings. The number of hydrogen-bond donors (Lipinski definition) is 1. The summed E-state index contributed by atoms with van der Waals surface area (Å²) in [6, 6.07) is 7.21. The molecule has 2 rings (SSSR count). The molecule has 0 radical (unpaired) electrons. The SMILES string of the molecule is CC(C)CN(CC(C)C(O)c1ccccc1F)C1CC1. The van der Waals surface area contributed by atoms with Crippen molar-refractivity contribution in [2.24, 2.45) is 11.8 Å². The van der Waals surface area contributed by atoms with Gasteiger partial charge in [0.25, 0.3) is 0 Å². The molecule has 1 aliphatic carbocycles. The first-order valence-corrected chi connectivity index (χ1v) is 7.65. The van der Waals surface area contributed by atoms with E-state index in [-0.39, 0.29) is 11.7 Å². The normalized spacial score (nSPS) is 18.6. The molecule has 0 bridgehead atoms. The summed E-state index contributed by atoms with van der Waals surface area (Å²) in [4.78, 5) is 2.46. The van der Waals surface area contributed by atoms with E-state index in [1.165, 1.54) is 18.9 Å². The first-order chi connectivity index (χ1) is 9.49. The van der Waals surface area contributed by atoms with E-state index in [0.717, 1.165) is 13.1 Å². The van der Waals surface area contributed by atoms with Crippen molar-refractivity contribution in [3.8, 4) is 0 Å². The van der Waals surface area contributed by atoms with E-state index < -0.39 is 6.10 Å². The number of rotatable bonds is 7. The number of benzene rings is 1. The zero-order valence-electron chi connectivity index (χ0n) is 12.7. The maximum absolute atomic E-state index is 13.7. The lowest BCUT2D eigenvalue weighted by Gasteiger charge is -2.29. The summed E-state index contributed by atoms with van der Waals surface area (Å²) in [5.41, 5.74) is 0.417. The van der Waals surface area contributed by atoms with Crippen LogP contribution in [0.4, 0.5) is 4.39 Å². The summed E-state index contributed by atoms with van der Waals surface area (Å²) in [5.74, 6) is 0.341. The lowest BCUT2D eigenvalue weighted by atomic mass is 9.96. The van der Waals surface area contributed by atoms with Gasteiger partial charge in [-0.15, -0.1) is 0 Å². The Bertz CT molecular complexity index is 431. The Labute approximate surface area is 121 Å². The third-order valence-corrected chi connectivity index (χ3v) is 3.95. The van der Waals surface area contributed by atoms with Crippen LogP contribution in [0.25, 0.3) is 0 Å². The number of aliphatic hydroxyl groups excluding tert-OH is 1. The molecule has 1 aliphatic rings. The van der Waals surface area contributed by atoms with Gasteiger partial charge in [-0.2, -0.15) is 0 Å². The van der Waals surface area contributed by atoms with Crippen LogP contribution >= 0.6 is 0 Å². The molecule has 1 fully saturated rings. The molecule has 2 atom stereocenters. The highest BCUT2D eigenvalue weighted by molar-refractivity contribution is 5.20. The third kappa shape index (κ3) is 4.03. The molecule has 0 saturated heterocycles. The van der Waals surface area contributed by atoms with Crippen LogP contribution in [0.15, 0.2) is 24.3 Å². The second-order valence-corrected chi connectivity index (χ2v) is 6.52. The summed E-state index contributed by atoms with van der Waals surface area (Å²) in [6.07, 6.45) is 1.79. The van der Waals surface area contributed by atoms with Gasteiger partial charge in [-0.3, -0.25) is 4.90 Å². The topological polar surface area (TPSA) is 23.5 Å². The molecule has 1 saturated carbocycles. The van der Waals surface area contributed by atoms with E-state index in [1.807, 2.05) is 6.92 Å². The van der Waals surface area contributed by atoms with E-state index in [2.05, 4.69) is 18.7 Å². The van der Waals surface area contributed by atoms with Crippen LogP contribution in [-0.2, 0) is 0 Å². The van der Waals surface area contributed by atoms with Crippen LogP contribution in [0, 0.1) is 17.7 Å². The lowest BCUT2D eigenvalue weighted by Crippen LogP contribution is -2.35. The molecular formula is C17H26FNO. The van der Waals surface area contributed by atoms with Crippen LogP contribution in [0.5, 0.6) is 0 Å². The molecule has 0 heterocycles. The fraction of sp³-hybridized carbons (Fsp3) is 0.647. The first kappa shape index (κ1) is 15.5. The number of aliphatic hydroxyl groups is 1. The number of halogens is 1. The van der Waals surface area contributed by atoms with Crippen LogP contribution in [0.3, 0.4) is 0 Å². The average molecular weight is 279 g/mol. The van der Waals surface area contributed by atoms with Crippen LogP contribution in [0.2, 0.25) is 0 Å². The van der Waals surface area contributed by atoms with Gasteiger partial charge >= 0.3 is 0 Å². The summed E-state index contributed by atoms with van der Waals surface area (Å²) in [5, 5.41) is 10.4. The molecule has 0 aromatic heterocycles. The zero-order chi connectivity index (χ0) is 14.7. The molecule has 1 N–H and O–H groups in total. The van der Waals surface area contributed by atoms with Gasteiger partial charge in [0.1, 0.15) is 5.82 Å². The molecule has 0 aliphatic heterocycles. The van der Waals surface area contributed by atoms with E-state index in [1.54, 1.807) is 18.2 Å². The van der Waals surface area contributed by atoms with Crippen LogP contribution in [-0.4, -0.2) is 29.1 Å². The van der Waals surface area contributed by atoms with Crippen molar-refractivity contribution in [2.45, 2.75) is 45.8 Å². The van der Waals surface area contributed by atoms with Crippen molar-refractivity contribution in [3.63, 3.8) is 0 Å². The minimum Gasteiger partial charge on any atom is -0.388 e. The summed E-state index contributed by atoms with van der Waals surface area (Å²) in [7, 11) is 0. The Kier molecular flexibility index (Phi) is 5.17. The first-order valence-electron chi connectivity index (χ1n) is 7.65. The van der Waals surface area contributed by atoms with Crippen molar-refractivity contribution in [3.05, 3.63) is 35.6 Å². The highest BCUT2D eigenvalue weighted by atomic mass is 19.1. The Morgan fingerprint density at radius 1 is 1.20 bits per heavy atom. The minimum atomic E-state index is -0.732. The predicted octanol–water partition coefficient (Wildman–Crippen LogP) is 3.62. The monoisotopic (exact) mass is 279 g/mol. The van der Waals surface area contributed by atoms with Gasteiger partial charge in [0.15, 0.2) is 0 Å². The van der Waals surface area contributed by atoms with Crippen molar-refractivity contribution in [1.82, 2.24) is 4.90 Å². The quantitative estimate of drug-likeness (QED) is 0.824. The molecule has 112 valence electrons. The maximum atomic E-state index is 13.7. The van der Waals surface area contributed by atoms with E-state index >= 15 is 0 Å². The highest BCUT2D eigenvalue weighted by Crippen LogP contribution is 2.31. The smallest absolute Gasteiger partial charge is 0.129 e. The second-order valence-electron chi connectivity index (χ2n) is 6.52. The van der Waals surface area contributed by atoms with Gasteiger partial charge in [-0.05, 0) is 30.7 Å². The van der Waals surface area contributed by atoms with Crippen molar-refractivity contribution in [2.75, 3.05) is 13.1 Å². The molecular weight excluding hydrogens is 253 g/mol. The standard InChI is InChI=1S/C17H26FNO/c1-12(2)10-19(14-8-9-14)11-13(3)17(20)15-6-4-5-7-16(15)18/h4-7,12-14,17,20H,8-11H2,1-3H3. The van der Waals surface area contributed by atoms with Crippen molar-refractivity contribution in [1.29, 1.82) is 0 Å². The van der Waals surface area contributed by atoms with Gasteiger partial charge in [-0.1, -0.05) is 39.0 Å². The molecule has 0 spiro atoms. The second kappa shape index (κ2) is 6.68. The minimum absolute atomic E-state index is 0.0336. The van der Waals surface area contributed by atoms with Crippen molar-refractivity contribution >= 4 is 0 Å². The Balaban J connectivity index is 1.99. The Morgan fingerprint density at radius 3 is 2.40 bits per heavy atom. The number of hydrogen-bond acceptors (Lipinski definition) is 2. The highest BCUT2D eigenvalue weighted by Gasteiger charge is 2.31. The molecule has 0 amide bonds. The van der Waals surface area contributed by atoms with E-state index in [4.69, 9.17) is 0 Å². The van der Waals surface area contributed by atoms with Crippen LogP contribution in [0.1, 0.15) is 45.3 Å². The zero-order valence-corrected chi connectivity index (χ0v) is 12.7. The fourth-order valence-electron chi connectivity index (χ4n) is 2.77. The third-order valence-electron chi connectivity index (χ3n) is 3.95. The lowest BCUT2D eigenvalue weighted by molar-refractivity contribution is 0.0790. The average Bonchev–Trinajstić information content (AvgIpc) is 3.21. The van der Waals surface area contributed by atoms with Gasteiger partial charge in [0.2, 0.25) is 0 Å². The van der Waals surface area contributed by atoms with Crippen LogP contribution < -0.4 is 0 Å². The largest absolute Gasteiger partial charge is 0.388 e. The summed E-state index contributed by atoms with van der Waals surface area (Å²) < 4.78 is 13.7. The molecule has 1 aromatic carbocycles. The molecule has 20 heavy (non-hydrogen) atoms. The van der Waals surface area contributed by atoms with E-state index in [0.29, 0.717) is 17.5 Å². The van der Waals surface area contributed by atoms with Gasteiger partial charge in [-0.25, -0.2) is 4.39 Å². The van der Waals surface area contributed by atoms with Crippen molar-refractivity contribution < 1.29 is 9.50 Å². The van der Waals surface area contributed by atoms with E-state index in [9.17, 15) is 9.50 Å². The van der Waals surface area contributed by atoms with Gasteiger partial charge in [0.05, 0.1) is 6.10 Å². The maximum Gasteiger partial charge on any atom is 0.129 e. The fourth-order valence-corrected chi connectivity index (χ4v) is 2.77. The summed E-state index contributed by atoms with van der Waals surface area (Å²) >= 11 is 0. The molecule has 3 heteroatoms. The molecule has 2 unspecified atom stereocenters. The Morgan fingerprint density at radius 2 is 1.85 bits per heavy atom. The van der Waals surface area contributed by atoms with Gasteiger partial charge < -0.3 is 5.11 Å². The van der Waals surface area contributed by atoms with Gasteiger partial charge in [0, 0.05) is 24.7 Å². The molecule has 2 nitrogen and oxygen atoms in total. The Hall–Kier alpha value is -0.930. The predicted molar refractivity (Wildman–Crippen MR) is 80.0 cm³/mol. The number of nitrogens with zero attached hydrogens (tertiary/aromatic N) is 1.